The van der Waals surface area contributed by atoms with E-state index in [0.29, 0.717) is 12.2 Å². The monoisotopic (exact) mass is 494 g/mol. The number of amides is 2. The number of benzene rings is 3. The van der Waals surface area contributed by atoms with Crippen molar-refractivity contribution in [1.29, 1.82) is 5.26 Å². The molecule has 0 unspecified atom stereocenters. The molecule has 186 valence electrons. The highest BCUT2D eigenvalue weighted by molar-refractivity contribution is 5.98. The van der Waals surface area contributed by atoms with Gasteiger partial charge in [-0.25, -0.2) is 4.79 Å². The Bertz CT molecular complexity index is 1480. The van der Waals surface area contributed by atoms with E-state index in [0.717, 1.165) is 22.0 Å². The summed E-state index contributed by atoms with van der Waals surface area (Å²) < 4.78 is 7.11. The maximum Gasteiger partial charge on any atom is 0.409 e. The normalized spacial score (nSPS) is 14.0. The Morgan fingerprint density at radius 1 is 1.05 bits per heavy atom. The lowest BCUT2D eigenvalue weighted by atomic mass is 9.87. The number of anilines is 2. The van der Waals surface area contributed by atoms with Crippen LogP contribution in [0, 0.1) is 11.3 Å². The van der Waals surface area contributed by atoms with Crippen LogP contribution in [0.1, 0.15) is 22.3 Å². The first-order valence-corrected chi connectivity index (χ1v) is 12.0. The lowest BCUT2D eigenvalue weighted by Gasteiger charge is -2.48. The van der Waals surface area contributed by atoms with Crippen LogP contribution in [0.25, 0.3) is 10.8 Å². The van der Waals surface area contributed by atoms with Gasteiger partial charge in [-0.1, -0.05) is 60.7 Å². The van der Waals surface area contributed by atoms with E-state index in [1.807, 2.05) is 54.6 Å². The number of hydrogen-bond acceptors (Lipinski definition) is 6. The summed E-state index contributed by atoms with van der Waals surface area (Å²) >= 11 is 0. The maximum absolute atomic E-state index is 12.7. The van der Waals surface area contributed by atoms with Crippen molar-refractivity contribution < 1.29 is 14.3 Å². The summed E-state index contributed by atoms with van der Waals surface area (Å²) in [5, 5.41) is 19.4. The molecule has 2 amide bonds. The quantitative estimate of drug-likeness (QED) is 0.378. The molecule has 1 aliphatic heterocycles. The second-order valence-corrected chi connectivity index (χ2v) is 9.11. The third kappa shape index (κ3) is 4.82. The molecule has 5 rings (SSSR count). The summed E-state index contributed by atoms with van der Waals surface area (Å²) in [6.45, 7) is 0.712. The highest BCUT2D eigenvalue weighted by Crippen LogP contribution is 2.34. The molecule has 0 saturated carbocycles. The van der Waals surface area contributed by atoms with E-state index < -0.39 is 17.5 Å². The molecule has 0 spiro atoms. The summed E-state index contributed by atoms with van der Waals surface area (Å²) in [6.07, 6.45) is 1.80. The van der Waals surface area contributed by atoms with Gasteiger partial charge in [0, 0.05) is 18.3 Å². The van der Waals surface area contributed by atoms with E-state index in [2.05, 4.69) is 34.7 Å². The molecule has 37 heavy (non-hydrogen) atoms. The van der Waals surface area contributed by atoms with Gasteiger partial charge in [0.05, 0.1) is 32.2 Å². The summed E-state index contributed by atoms with van der Waals surface area (Å²) in [6, 6.07) is 25.6. The van der Waals surface area contributed by atoms with Crippen molar-refractivity contribution in [3.05, 3.63) is 90.1 Å². The van der Waals surface area contributed by atoms with E-state index in [-0.39, 0.29) is 31.7 Å². The van der Waals surface area contributed by atoms with Gasteiger partial charge in [-0.15, -0.1) is 0 Å². The Morgan fingerprint density at radius 3 is 2.54 bits per heavy atom. The minimum Gasteiger partial charge on any atom is -0.449 e. The van der Waals surface area contributed by atoms with Gasteiger partial charge in [0.15, 0.2) is 5.82 Å². The summed E-state index contributed by atoms with van der Waals surface area (Å²) in [4.78, 5) is 26.4. The van der Waals surface area contributed by atoms with Gasteiger partial charge in [0.1, 0.15) is 11.1 Å². The lowest BCUT2D eigenvalue weighted by Crippen LogP contribution is -2.64. The number of nitrogens with two attached hydrogens (primary N) is 1. The fourth-order valence-electron chi connectivity index (χ4n) is 4.68. The smallest absolute Gasteiger partial charge is 0.409 e. The molecule has 1 saturated heterocycles. The molecule has 9 heteroatoms. The van der Waals surface area contributed by atoms with Crippen molar-refractivity contribution in [2.45, 2.75) is 18.4 Å². The van der Waals surface area contributed by atoms with Gasteiger partial charge >= 0.3 is 6.09 Å². The first-order chi connectivity index (χ1) is 18.0. The van der Waals surface area contributed by atoms with Crippen LogP contribution in [0.3, 0.4) is 0 Å². The first-order valence-electron chi connectivity index (χ1n) is 12.0. The van der Waals surface area contributed by atoms with Crippen LogP contribution in [0.5, 0.6) is 0 Å². The van der Waals surface area contributed by atoms with Crippen molar-refractivity contribution in [2.24, 2.45) is 5.73 Å². The number of fused-ring (bicyclic) bond motifs is 1. The summed E-state index contributed by atoms with van der Waals surface area (Å²) in [5.74, 6) is -0.340. The molecule has 0 aliphatic carbocycles. The Labute approximate surface area is 214 Å². The van der Waals surface area contributed by atoms with E-state index in [9.17, 15) is 14.9 Å². The third-order valence-electron chi connectivity index (χ3n) is 6.62. The minimum absolute atomic E-state index is 0.109. The molecule has 9 nitrogen and oxygen atoms in total. The molecule has 0 bridgehead atoms. The predicted octanol–water partition coefficient (Wildman–Crippen LogP) is 4.18. The average molecular weight is 495 g/mol. The van der Waals surface area contributed by atoms with Crippen LogP contribution in [0.4, 0.5) is 16.3 Å². The SMILES string of the molecule is N#CCC1(n2cc(C(N)=O)c(Nc3ccccc3)n2)CN(C(=O)OCCc2cccc3ccccc23)C1. The molecule has 0 radical (unpaired) electrons. The van der Waals surface area contributed by atoms with Crippen LogP contribution in [0.2, 0.25) is 0 Å². The second-order valence-electron chi connectivity index (χ2n) is 9.11. The zero-order valence-electron chi connectivity index (χ0n) is 20.1. The van der Waals surface area contributed by atoms with Gasteiger partial charge in [-0.2, -0.15) is 10.4 Å². The third-order valence-corrected chi connectivity index (χ3v) is 6.62. The molecular formula is C28H26N6O3. The molecule has 3 N–H and O–H groups in total. The second kappa shape index (κ2) is 10.0. The maximum atomic E-state index is 12.7. The fourth-order valence-corrected chi connectivity index (χ4v) is 4.68. The molecule has 3 aromatic carbocycles. The molecular weight excluding hydrogens is 468 g/mol. The standard InChI is InChI=1S/C28H26N6O3/c29-15-14-28(34-17-24(25(30)35)26(32-34)31-22-10-2-1-3-11-22)18-33(19-28)27(36)37-16-13-21-9-6-8-20-7-4-5-12-23(20)21/h1-12,17H,13-14,16,18-19H2,(H2,30,35)(H,31,32). The van der Waals surface area contributed by atoms with Gasteiger partial charge in [0.25, 0.3) is 5.91 Å². The minimum atomic E-state index is -0.774. The van der Waals surface area contributed by atoms with Crippen LogP contribution >= 0.6 is 0 Å². The Hall–Kier alpha value is -4.84. The van der Waals surface area contributed by atoms with Crippen LogP contribution in [-0.2, 0) is 16.7 Å². The number of nitriles is 1. The summed E-state index contributed by atoms with van der Waals surface area (Å²) in [7, 11) is 0. The number of nitrogens with zero attached hydrogens (tertiary/aromatic N) is 4. The average Bonchev–Trinajstić information content (AvgIpc) is 3.31. The number of para-hydroxylation sites is 1. The van der Waals surface area contributed by atoms with Crippen molar-refractivity contribution in [1.82, 2.24) is 14.7 Å². The number of rotatable bonds is 8. The predicted molar refractivity (Wildman–Crippen MR) is 139 cm³/mol. The lowest BCUT2D eigenvalue weighted by molar-refractivity contribution is 0.000356. The van der Waals surface area contributed by atoms with E-state index >= 15 is 0 Å². The Kier molecular flexibility index (Phi) is 6.47. The van der Waals surface area contributed by atoms with Crippen LogP contribution < -0.4 is 11.1 Å². The highest BCUT2D eigenvalue weighted by Gasteiger charge is 2.48. The molecule has 1 aliphatic rings. The fraction of sp³-hybridized carbons (Fsp3) is 0.214. The zero-order chi connectivity index (χ0) is 25.8. The molecule has 1 aromatic heterocycles. The van der Waals surface area contributed by atoms with Gasteiger partial charge in [0.2, 0.25) is 0 Å². The van der Waals surface area contributed by atoms with E-state index in [4.69, 9.17) is 10.5 Å². The number of likely N-dealkylation sites (tertiary alicyclic amines) is 1. The zero-order valence-corrected chi connectivity index (χ0v) is 20.1. The molecule has 2 heterocycles. The van der Waals surface area contributed by atoms with Gasteiger partial charge in [-0.3, -0.25) is 9.48 Å². The van der Waals surface area contributed by atoms with Crippen molar-refractivity contribution in [3.8, 4) is 6.07 Å². The first kappa shape index (κ1) is 23.9. The topological polar surface area (TPSA) is 126 Å². The van der Waals surface area contributed by atoms with Crippen molar-refractivity contribution >= 4 is 34.3 Å². The van der Waals surface area contributed by atoms with Gasteiger partial charge in [-0.05, 0) is 28.5 Å². The molecule has 0 atom stereocenters. The Morgan fingerprint density at radius 2 is 1.78 bits per heavy atom. The van der Waals surface area contributed by atoms with E-state index in [1.54, 1.807) is 4.68 Å². The largest absolute Gasteiger partial charge is 0.449 e. The highest BCUT2D eigenvalue weighted by atomic mass is 16.6. The number of aromatic nitrogens is 2. The van der Waals surface area contributed by atoms with Crippen molar-refractivity contribution in [2.75, 3.05) is 25.0 Å². The number of ether oxygens (including phenoxy) is 1. The molecule has 4 aromatic rings. The molecule has 1 fully saturated rings. The summed E-state index contributed by atoms with van der Waals surface area (Å²) in [5.41, 5.74) is 6.88. The van der Waals surface area contributed by atoms with Crippen molar-refractivity contribution in [3.63, 3.8) is 0 Å². The number of carbonyl (C=O) groups excluding carboxylic acids is 2. The van der Waals surface area contributed by atoms with Gasteiger partial charge < -0.3 is 20.7 Å². The van der Waals surface area contributed by atoms with Crippen LogP contribution in [0.15, 0.2) is 79.0 Å². The number of primary amides is 1. The Balaban J connectivity index is 1.25. The number of hydrogen-bond donors (Lipinski definition) is 2. The number of carbonyl (C=O) groups is 2. The van der Waals surface area contributed by atoms with E-state index in [1.165, 1.54) is 11.1 Å². The van der Waals surface area contributed by atoms with Crippen LogP contribution in [-0.4, -0.2) is 46.4 Å². The number of nitrogens with one attached hydrogen (secondary N) is 1.